The third-order valence-electron chi connectivity index (χ3n) is 5.67. The zero-order chi connectivity index (χ0) is 21.4. The minimum Gasteiger partial charge on any atom is -0.493 e. The quantitative estimate of drug-likeness (QED) is 0.459. The Morgan fingerprint density at radius 1 is 0.968 bits per heavy atom. The molecule has 0 bridgehead atoms. The number of anilines is 1. The minimum absolute atomic E-state index is 0.188. The van der Waals surface area contributed by atoms with Crippen LogP contribution in [0.1, 0.15) is 24.0 Å². The molecule has 154 valence electrons. The van der Waals surface area contributed by atoms with E-state index in [0.717, 1.165) is 27.7 Å². The summed E-state index contributed by atoms with van der Waals surface area (Å²) in [5.74, 6) is 1.35. The summed E-state index contributed by atoms with van der Waals surface area (Å²) in [5.41, 5.74) is 4.25. The second kappa shape index (κ2) is 7.69. The van der Waals surface area contributed by atoms with Crippen LogP contribution in [0.5, 0.6) is 11.5 Å². The maximum absolute atomic E-state index is 13.5. The van der Waals surface area contributed by atoms with Gasteiger partial charge < -0.3 is 19.8 Å². The number of ether oxygens (including phenoxy) is 2. The molecule has 0 saturated carbocycles. The number of aromatic amines is 1. The van der Waals surface area contributed by atoms with Gasteiger partial charge in [0.25, 0.3) is 5.91 Å². The van der Waals surface area contributed by atoms with Gasteiger partial charge in [0.1, 0.15) is 5.76 Å². The first-order valence-corrected chi connectivity index (χ1v) is 10.2. The van der Waals surface area contributed by atoms with E-state index in [0.29, 0.717) is 22.8 Å². The van der Waals surface area contributed by atoms with Crippen LogP contribution in [0.3, 0.4) is 0 Å². The molecule has 1 atom stereocenters. The summed E-state index contributed by atoms with van der Waals surface area (Å²) in [6, 6.07) is 23.3. The number of fused-ring (bicyclic) bond motifs is 2. The van der Waals surface area contributed by atoms with Crippen LogP contribution in [0.2, 0.25) is 0 Å². The number of hydrogen-bond donors (Lipinski definition) is 2. The van der Waals surface area contributed by atoms with Gasteiger partial charge in [-0.15, -0.1) is 0 Å². The third-order valence-corrected chi connectivity index (χ3v) is 5.67. The number of allylic oxidation sites excluding steroid dienone is 1. The number of para-hydroxylation sites is 3. The number of benzene rings is 3. The van der Waals surface area contributed by atoms with E-state index in [4.69, 9.17) is 9.47 Å². The van der Waals surface area contributed by atoms with Crippen molar-refractivity contribution in [3.05, 3.63) is 101 Å². The van der Waals surface area contributed by atoms with Crippen LogP contribution in [0.4, 0.5) is 5.69 Å². The van der Waals surface area contributed by atoms with Gasteiger partial charge in [0, 0.05) is 34.3 Å². The molecule has 2 N–H and O–H groups in total. The van der Waals surface area contributed by atoms with Crippen molar-refractivity contribution in [1.82, 2.24) is 4.98 Å². The summed E-state index contributed by atoms with van der Waals surface area (Å²) >= 11 is 0. The van der Waals surface area contributed by atoms with Crippen molar-refractivity contribution in [2.24, 2.45) is 0 Å². The molecule has 0 saturated heterocycles. The molecule has 5 rings (SSSR count). The highest BCUT2D eigenvalue weighted by Gasteiger charge is 2.36. The zero-order valence-electron chi connectivity index (χ0n) is 17.3. The number of nitrogens with one attached hydrogen (secondary N) is 2. The Balaban J connectivity index is 1.69. The first kappa shape index (κ1) is 19.0. The molecule has 0 radical (unpaired) electrons. The molecule has 5 heteroatoms. The van der Waals surface area contributed by atoms with E-state index in [1.54, 1.807) is 7.11 Å². The first-order valence-electron chi connectivity index (χ1n) is 10.2. The number of H-pyrrole nitrogens is 1. The number of aromatic nitrogens is 1. The molecule has 1 amide bonds. The van der Waals surface area contributed by atoms with Crippen molar-refractivity contribution in [3.8, 4) is 11.5 Å². The van der Waals surface area contributed by atoms with Gasteiger partial charge in [0.2, 0.25) is 0 Å². The maximum Gasteiger partial charge on any atom is 0.255 e. The van der Waals surface area contributed by atoms with Crippen molar-refractivity contribution < 1.29 is 14.3 Å². The highest BCUT2D eigenvalue weighted by Crippen LogP contribution is 2.48. The third kappa shape index (κ3) is 3.24. The number of carbonyl (C=O) groups excluding carboxylic acids is 1. The summed E-state index contributed by atoms with van der Waals surface area (Å²) < 4.78 is 11.7. The fourth-order valence-corrected chi connectivity index (χ4v) is 4.26. The van der Waals surface area contributed by atoms with Crippen molar-refractivity contribution in [2.45, 2.75) is 12.8 Å². The fraction of sp³-hybridized carbons (Fsp3) is 0.115. The summed E-state index contributed by atoms with van der Waals surface area (Å²) in [5, 5.41) is 4.09. The van der Waals surface area contributed by atoms with Gasteiger partial charge in [-0.2, -0.15) is 0 Å². The first-order chi connectivity index (χ1) is 15.2. The van der Waals surface area contributed by atoms with Crippen molar-refractivity contribution >= 4 is 22.5 Å². The van der Waals surface area contributed by atoms with Crippen LogP contribution in [0, 0.1) is 0 Å². The maximum atomic E-state index is 13.5. The number of methoxy groups -OCH3 is 1. The lowest BCUT2D eigenvalue weighted by Gasteiger charge is -2.30. The van der Waals surface area contributed by atoms with E-state index in [1.807, 2.05) is 79.9 Å². The Hall–Kier alpha value is -3.99. The normalized spacial score (nSPS) is 15.4. The minimum atomic E-state index is -0.307. The molecule has 1 aromatic heterocycles. The highest BCUT2D eigenvalue weighted by atomic mass is 16.5. The average molecular weight is 410 g/mol. The van der Waals surface area contributed by atoms with Crippen LogP contribution in [-0.4, -0.2) is 18.0 Å². The van der Waals surface area contributed by atoms with Gasteiger partial charge in [0.05, 0.1) is 12.7 Å². The monoisotopic (exact) mass is 410 g/mol. The van der Waals surface area contributed by atoms with Crippen LogP contribution < -0.4 is 14.8 Å². The lowest BCUT2D eigenvalue weighted by Crippen LogP contribution is -2.26. The second-order valence-corrected chi connectivity index (χ2v) is 7.49. The van der Waals surface area contributed by atoms with E-state index < -0.39 is 0 Å². The Morgan fingerprint density at radius 2 is 1.74 bits per heavy atom. The van der Waals surface area contributed by atoms with Crippen LogP contribution >= 0.6 is 0 Å². The van der Waals surface area contributed by atoms with Gasteiger partial charge in [0.15, 0.2) is 11.5 Å². The summed E-state index contributed by atoms with van der Waals surface area (Å²) in [6.07, 6.45) is 1.98. The van der Waals surface area contributed by atoms with E-state index in [-0.39, 0.29) is 11.8 Å². The lowest BCUT2D eigenvalue weighted by molar-refractivity contribution is -0.113. The van der Waals surface area contributed by atoms with Gasteiger partial charge in [-0.3, -0.25) is 4.79 Å². The molecule has 0 spiro atoms. The number of carbonyl (C=O) groups is 1. The molecule has 5 nitrogen and oxygen atoms in total. The molecule has 4 aromatic rings. The van der Waals surface area contributed by atoms with Crippen molar-refractivity contribution in [2.75, 3.05) is 12.4 Å². The summed E-state index contributed by atoms with van der Waals surface area (Å²) in [7, 11) is 1.62. The van der Waals surface area contributed by atoms with Crippen molar-refractivity contribution in [3.63, 3.8) is 0 Å². The molecule has 1 aliphatic rings. The molecule has 2 heterocycles. The summed E-state index contributed by atoms with van der Waals surface area (Å²) in [4.78, 5) is 16.8. The molecule has 3 aromatic carbocycles. The molecular weight excluding hydrogens is 388 g/mol. The van der Waals surface area contributed by atoms with Gasteiger partial charge >= 0.3 is 0 Å². The van der Waals surface area contributed by atoms with Gasteiger partial charge in [-0.1, -0.05) is 48.5 Å². The van der Waals surface area contributed by atoms with E-state index in [1.165, 1.54) is 0 Å². The van der Waals surface area contributed by atoms with E-state index in [9.17, 15) is 4.79 Å². The Labute approximate surface area is 180 Å². The van der Waals surface area contributed by atoms with Crippen LogP contribution in [0.25, 0.3) is 10.9 Å². The predicted octanol–water partition coefficient (Wildman–Crippen LogP) is 5.61. The van der Waals surface area contributed by atoms with Gasteiger partial charge in [-0.05, 0) is 36.8 Å². The number of hydrogen-bond acceptors (Lipinski definition) is 3. The van der Waals surface area contributed by atoms with Crippen LogP contribution in [0.15, 0.2) is 90.3 Å². The molecule has 0 aliphatic carbocycles. The lowest BCUT2D eigenvalue weighted by atomic mass is 9.81. The van der Waals surface area contributed by atoms with Crippen molar-refractivity contribution in [1.29, 1.82) is 0 Å². The standard InChI is InChI=1S/C26H22N2O3/c1-16-23(26(29)28-17-9-4-3-5-10-17)24(19-12-8-14-22(30-2)25(19)31-16)20-15-27-21-13-7-6-11-18(20)21/h3-15,24,27H,1-2H3,(H,28,29). The number of rotatable bonds is 4. The smallest absolute Gasteiger partial charge is 0.255 e. The number of amides is 1. The molecular formula is C26H22N2O3. The predicted molar refractivity (Wildman–Crippen MR) is 122 cm³/mol. The SMILES string of the molecule is COc1cccc2c1OC(C)=C(C(=O)Nc1ccccc1)C2c1c[nH]c2ccccc12. The topological polar surface area (TPSA) is 63.4 Å². The second-order valence-electron chi connectivity index (χ2n) is 7.49. The molecule has 1 unspecified atom stereocenters. The Morgan fingerprint density at radius 3 is 2.55 bits per heavy atom. The largest absolute Gasteiger partial charge is 0.493 e. The summed E-state index contributed by atoms with van der Waals surface area (Å²) in [6.45, 7) is 1.83. The molecule has 0 fully saturated rings. The van der Waals surface area contributed by atoms with Crippen LogP contribution in [-0.2, 0) is 4.79 Å². The average Bonchev–Trinajstić information content (AvgIpc) is 3.22. The highest BCUT2D eigenvalue weighted by molar-refractivity contribution is 6.07. The zero-order valence-corrected chi connectivity index (χ0v) is 17.3. The molecule has 1 aliphatic heterocycles. The Bertz CT molecular complexity index is 1300. The van der Waals surface area contributed by atoms with E-state index >= 15 is 0 Å². The fourth-order valence-electron chi connectivity index (χ4n) is 4.26. The van der Waals surface area contributed by atoms with E-state index in [2.05, 4.69) is 16.4 Å². The Kier molecular flexibility index (Phi) is 4.71. The van der Waals surface area contributed by atoms with Gasteiger partial charge in [-0.25, -0.2) is 0 Å². The molecule has 31 heavy (non-hydrogen) atoms.